The van der Waals surface area contributed by atoms with E-state index >= 15 is 0 Å². The van der Waals surface area contributed by atoms with Crippen LogP contribution in [0.2, 0.25) is 0 Å². The summed E-state index contributed by atoms with van der Waals surface area (Å²) in [7, 11) is 0. The summed E-state index contributed by atoms with van der Waals surface area (Å²) in [5.41, 5.74) is 2.09. The van der Waals surface area contributed by atoms with Crippen molar-refractivity contribution in [2.45, 2.75) is 32.2 Å². The van der Waals surface area contributed by atoms with Crippen LogP contribution in [0.4, 0.5) is 0 Å². The first-order valence-electron chi connectivity index (χ1n) is 9.80. The minimum Gasteiger partial charge on any atom is -0.361 e. The number of carbonyl (C=O) groups excluding carboxylic acids is 2. The molecule has 1 aromatic carbocycles. The molecule has 0 radical (unpaired) electrons. The lowest BCUT2D eigenvalue weighted by Crippen LogP contribution is -2.52. The fourth-order valence-electron chi connectivity index (χ4n) is 3.97. The van der Waals surface area contributed by atoms with Gasteiger partial charge in [-0.3, -0.25) is 9.59 Å². The minimum atomic E-state index is -0.570. The number of aromatic amines is 1. The number of amides is 2. The van der Waals surface area contributed by atoms with Crippen molar-refractivity contribution >= 4 is 34.1 Å². The monoisotopic (exact) mass is 395 g/mol. The Balaban J connectivity index is 1.58. The molecule has 0 unspecified atom stereocenters. The van der Waals surface area contributed by atoms with Gasteiger partial charge in [-0.15, -0.1) is 11.3 Å². The van der Waals surface area contributed by atoms with Gasteiger partial charge in [0.15, 0.2) is 0 Å². The van der Waals surface area contributed by atoms with Crippen LogP contribution in [-0.2, 0) is 11.2 Å². The zero-order valence-electron chi connectivity index (χ0n) is 16.0. The van der Waals surface area contributed by atoms with E-state index in [0.717, 1.165) is 42.4 Å². The zero-order valence-corrected chi connectivity index (χ0v) is 16.8. The maximum atomic E-state index is 13.3. The van der Waals surface area contributed by atoms with Crippen molar-refractivity contribution in [3.8, 4) is 0 Å². The van der Waals surface area contributed by atoms with Crippen molar-refractivity contribution in [1.82, 2.24) is 15.2 Å². The number of hydrogen-bond donors (Lipinski definition) is 2. The molecular weight excluding hydrogens is 370 g/mol. The Morgan fingerprint density at radius 3 is 2.93 bits per heavy atom. The van der Waals surface area contributed by atoms with Gasteiger partial charge >= 0.3 is 0 Å². The highest BCUT2D eigenvalue weighted by Gasteiger charge is 2.30. The van der Waals surface area contributed by atoms with Gasteiger partial charge in [0.2, 0.25) is 5.91 Å². The normalized spacial score (nSPS) is 18.2. The predicted octanol–water partition coefficient (Wildman–Crippen LogP) is 3.83. The van der Waals surface area contributed by atoms with Crippen molar-refractivity contribution in [1.29, 1.82) is 0 Å². The molecule has 4 rings (SSSR count). The molecule has 6 heteroatoms. The number of piperidine rings is 1. The van der Waals surface area contributed by atoms with Gasteiger partial charge in [0, 0.05) is 36.6 Å². The number of nitrogens with zero attached hydrogens (tertiary/aromatic N) is 1. The number of hydrogen-bond acceptors (Lipinski definition) is 3. The number of thiophene rings is 1. The Hall–Kier alpha value is -2.60. The summed E-state index contributed by atoms with van der Waals surface area (Å²) >= 11 is 1.39. The van der Waals surface area contributed by atoms with Gasteiger partial charge in [0.1, 0.15) is 6.04 Å². The fraction of sp³-hybridized carbons (Fsp3) is 0.364. The molecule has 2 N–H and O–H groups in total. The first-order chi connectivity index (χ1) is 13.6. The van der Waals surface area contributed by atoms with E-state index in [-0.39, 0.29) is 11.8 Å². The van der Waals surface area contributed by atoms with Gasteiger partial charge in [-0.2, -0.15) is 0 Å². The molecule has 3 heterocycles. The number of nitrogens with one attached hydrogen (secondary N) is 2. The molecule has 1 aliphatic heterocycles. The molecule has 0 spiro atoms. The highest BCUT2D eigenvalue weighted by atomic mass is 32.1. The number of benzene rings is 1. The summed E-state index contributed by atoms with van der Waals surface area (Å²) in [6.45, 7) is 3.71. The van der Waals surface area contributed by atoms with Crippen molar-refractivity contribution in [2.24, 2.45) is 5.92 Å². The number of H-pyrrole nitrogens is 1. The van der Waals surface area contributed by atoms with Gasteiger partial charge in [-0.25, -0.2) is 0 Å². The van der Waals surface area contributed by atoms with Gasteiger partial charge in [0.25, 0.3) is 5.91 Å². The van der Waals surface area contributed by atoms with Gasteiger partial charge in [0.05, 0.1) is 4.88 Å². The van der Waals surface area contributed by atoms with E-state index in [1.54, 1.807) is 6.07 Å². The highest BCUT2D eigenvalue weighted by Crippen LogP contribution is 2.22. The van der Waals surface area contributed by atoms with Crippen LogP contribution in [0.15, 0.2) is 48.0 Å². The maximum absolute atomic E-state index is 13.3. The lowest BCUT2D eigenvalue weighted by atomic mass is 9.98. The van der Waals surface area contributed by atoms with Crippen molar-refractivity contribution in [3.05, 3.63) is 58.4 Å². The molecule has 2 amide bonds. The second-order valence-corrected chi connectivity index (χ2v) is 8.55. The second-order valence-electron chi connectivity index (χ2n) is 7.60. The van der Waals surface area contributed by atoms with E-state index < -0.39 is 6.04 Å². The van der Waals surface area contributed by atoms with E-state index in [9.17, 15) is 9.59 Å². The molecule has 1 fully saturated rings. The van der Waals surface area contributed by atoms with Crippen molar-refractivity contribution in [2.75, 3.05) is 13.1 Å². The number of likely N-dealkylation sites (tertiary alicyclic amines) is 1. The first-order valence-corrected chi connectivity index (χ1v) is 10.7. The molecule has 146 valence electrons. The van der Waals surface area contributed by atoms with Crippen LogP contribution < -0.4 is 5.32 Å². The van der Waals surface area contributed by atoms with Crippen LogP contribution in [0.5, 0.6) is 0 Å². The van der Waals surface area contributed by atoms with Crippen LogP contribution in [0.25, 0.3) is 10.9 Å². The topological polar surface area (TPSA) is 65.2 Å². The average Bonchev–Trinajstić information content (AvgIpc) is 3.37. The molecule has 0 aliphatic carbocycles. The van der Waals surface area contributed by atoms with Crippen LogP contribution in [0.1, 0.15) is 35.0 Å². The maximum Gasteiger partial charge on any atom is 0.262 e. The first kappa shape index (κ1) is 18.7. The largest absolute Gasteiger partial charge is 0.361 e. The van der Waals surface area contributed by atoms with Crippen LogP contribution >= 0.6 is 11.3 Å². The fourth-order valence-corrected chi connectivity index (χ4v) is 4.59. The summed E-state index contributed by atoms with van der Waals surface area (Å²) in [5, 5.41) is 5.97. The molecule has 2 aromatic heterocycles. The van der Waals surface area contributed by atoms with Gasteiger partial charge in [-0.05, 0) is 41.8 Å². The smallest absolute Gasteiger partial charge is 0.262 e. The number of para-hydroxylation sites is 1. The lowest BCUT2D eigenvalue weighted by Gasteiger charge is -2.33. The van der Waals surface area contributed by atoms with E-state index in [2.05, 4.69) is 17.2 Å². The average molecular weight is 396 g/mol. The molecule has 5 nitrogen and oxygen atoms in total. The molecule has 1 saturated heterocycles. The lowest BCUT2D eigenvalue weighted by molar-refractivity contribution is -0.134. The van der Waals surface area contributed by atoms with E-state index in [1.165, 1.54) is 11.3 Å². The quantitative estimate of drug-likeness (QED) is 0.690. The molecule has 0 saturated carbocycles. The van der Waals surface area contributed by atoms with Crippen LogP contribution in [0.3, 0.4) is 0 Å². The minimum absolute atomic E-state index is 0.0155. The Morgan fingerprint density at radius 1 is 1.29 bits per heavy atom. The Labute approximate surface area is 168 Å². The van der Waals surface area contributed by atoms with Crippen molar-refractivity contribution < 1.29 is 9.59 Å². The zero-order chi connectivity index (χ0) is 19.5. The summed E-state index contributed by atoms with van der Waals surface area (Å²) in [6, 6.07) is 11.1. The molecule has 28 heavy (non-hydrogen) atoms. The van der Waals surface area contributed by atoms with E-state index in [4.69, 9.17) is 0 Å². The van der Waals surface area contributed by atoms with E-state index in [1.807, 2.05) is 46.8 Å². The molecular formula is C22H25N3O2S. The number of rotatable bonds is 5. The Bertz CT molecular complexity index is 963. The van der Waals surface area contributed by atoms with E-state index in [0.29, 0.717) is 17.2 Å². The third-order valence-electron chi connectivity index (χ3n) is 5.42. The summed E-state index contributed by atoms with van der Waals surface area (Å²) < 4.78 is 0. The van der Waals surface area contributed by atoms with Crippen LogP contribution in [0, 0.1) is 5.92 Å². The number of aromatic nitrogens is 1. The van der Waals surface area contributed by atoms with Crippen LogP contribution in [-0.4, -0.2) is 40.8 Å². The predicted molar refractivity (Wildman–Crippen MR) is 113 cm³/mol. The van der Waals surface area contributed by atoms with Gasteiger partial charge < -0.3 is 15.2 Å². The Kier molecular flexibility index (Phi) is 5.48. The standard InChI is InChI=1S/C22H25N3O2S/c1-15-6-4-10-25(14-15)22(27)19(24-21(26)20-9-5-11-28-20)12-16-13-23-18-8-3-2-7-17(16)18/h2-3,5,7-9,11,13,15,19,23H,4,6,10,12,14H2,1H3,(H,24,26)/t15-,19-/m1/s1. The molecule has 1 aliphatic rings. The summed E-state index contributed by atoms with van der Waals surface area (Å²) in [5.74, 6) is 0.333. The van der Waals surface area contributed by atoms with Gasteiger partial charge in [-0.1, -0.05) is 31.2 Å². The second kappa shape index (κ2) is 8.19. The SMILES string of the molecule is C[C@@H]1CCCN(C(=O)[C@@H](Cc2c[nH]c3ccccc23)NC(=O)c2cccs2)C1. The van der Waals surface area contributed by atoms with Crippen molar-refractivity contribution in [3.63, 3.8) is 0 Å². The highest BCUT2D eigenvalue weighted by molar-refractivity contribution is 7.12. The Morgan fingerprint density at radius 2 is 2.14 bits per heavy atom. The number of carbonyl (C=O) groups is 2. The summed E-state index contributed by atoms with van der Waals surface area (Å²) in [4.78, 5) is 31.8. The third-order valence-corrected chi connectivity index (χ3v) is 6.28. The summed E-state index contributed by atoms with van der Waals surface area (Å²) in [6.07, 6.45) is 4.59. The number of fused-ring (bicyclic) bond motifs is 1. The molecule has 0 bridgehead atoms. The third kappa shape index (κ3) is 3.97. The molecule has 2 atom stereocenters. The molecule has 3 aromatic rings.